The molecule has 0 aromatic heterocycles. The van der Waals surface area contributed by atoms with Crippen LogP contribution >= 0.6 is 29.9 Å². The van der Waals surface area contributed by atoms with Crippen LogP contribution in [0.1, 0.15) is 31.4 Å². The van der Waals surface area contributed by atoms with Crippen LogP contribution < -0.4 is 4.52 Å². The molecule has 0 heterocycles. The van der Waals surface area contributed by atoms with Crippen molar-refractivity contribution in [2.45, 2.75) is 32.9 Å². The molecule has 0 saturated carbocycles. The summed E-state index contributed by atoms with van der Waals surface area (Å²) in [6, 6.07) is 6.01. The molecule has 0 N–H and O–H groups in total. The van der Waals surface area contributed by atoms with Crippen LogP contribution in [0.2, 0.25) is 0 Å². The highest BCUT2D eigenvalue weighted by atomic mass is 32.7. The van der Waals surface area contributed by atoms with Gasteiger partial charge in [0.05, 0.1) is 6.61 Å². The van der Waals surface area contributed by atoms with E-state index in [1.165, 1.54) is 11.4 Å². The number of benzene rings is 1. The van der Waals surface area contributed by atoms with E-state index in [-0.39, 0.29) is 0 Å². The lowest BCUT2D eigenvalue weighted by Gasteiger charge is -2.19. The first kappa shape index (κ1) is 18.0. The van der Waals surface area contributed by atoms with Crippen molar-refractivity contribution in [3.63, 3.8) is 0 Å². The molecule has 0 bridgehead atoms. The Bertz CT molecular complexity index is 466. The Morgan fingerprint density at radius 1 is 1.30 bits per heavy atom. The molecule has 114 valence electrons. The predicted molar refractivity (Wildman–Crippen MR) is 91.0 cm³/mol. The highest BCUT2D eigenvalue weighted by molar-refractivity contribution is 8.55. The van der Waals surface area contributed by atoms with Crippen molar-refractivity contribution in [1.29, 1.82) is 0 Å². The van der Waals surface area contributed by atoms with Crippen LogP contribution in [0, 0.1) is 6.92 Å². The summed E-state index contributed by atoms with van der Waals surface area (Å²) in [7, 11) is 0. The van der Waals surface area contributed by atoms with Gasteiger partial charge in [-0.25, -0.2) is 4.57 Å². The molecule has 3 nitrogen and oxygen atoms in total. The predicted octanol–water partition coefficient (Wildman–Crippen LogP) is 5.52. The van der Waals surface area contributed by atoms with Gasteiger partial charge in [0.25, 0.3) is 0 Å². The van der Waals surface area contributed by atoms with Crippen LogP contribution in [0.15, 0.2) is 18.2 Å². The summed E-state index contributed by atoms with van der Waals surface area (Å²) >= 11 is 2.99. The second kappa shape index (κ2) is 9.04. The van der Waals surface area contributed by atoms with E-state index in [0.717, 1.165) is 29.1 Å². The standard InChI is InChI=1S/C14H23O3PS2/c1-5-9-20-18(15,16-6-2)17-14-10-12(3)7-8-13(14)11-19-4/h7-8,10H,5-6,9,11H2,1-4H3. The molecule has 1 unspecified atom stereocenters. The van der Waals surface area contributed by atoms with Crippen molar-refractivity contribution in [2.24, 2.45) is 0 Å². The molecule has 0 amide bonds. The fourth-order valence-corrected chi connectivity index (χ4v) is 5.61. The summed E-state index contributed by atoms with van der Waals surface area (Å²) < 4.78 is 23.9. The maximum Gasteiger partial charge on any atom is 0.440 e. The van der Waals surface area contributed by atoms with E-state index in [1.807, 2.05) is 38.3 Å². The van der Waals surface area contributed by atoms with Crippen LogP contribution in [0.3, 0.4) is 0 Å². The molecule has 20 heavy (non-hydrogen) atoms. The highest BCUT2D eigenvalue weighted by Crippen LogP contribution is 2.60. The molecule has 0 radical (unpaired) electrons. The minimum atomic E-state index is -3.12. The normalized spacial score (nSPS) is 14.0. The Kier molecular flexibility index (Phi) is 8.11. The van der Waals surface area contributed by atoms with Gasteiger partial charge >= 0.3 is 6.80 Å². The van der Waals surface area contributed by atoms with E-state index < -0.39 is 6.80 Å². The van der Waals surface area contributed by atoms with Crippen molar-refractivity contribution in [2.75, 3.05) is 18.6 Å². The Balaban J connectivity index is 2.97. The summed E-state index contributed by atoms with van der Waals surface area (Å²) in [6.07, 6.45) is 2.98. The van der Waals surface area contributed by atoms with Gasteiger partial charge in [-0.05, 0) is 49.5 Å². The molecule has 6 heteroatoms. The van der Waals surface area contributed by atoms with Gasteiger partial charge in [0.2, 0.25) is 0 Å². The zero-order valence-corrected chi connectivity index (χ0v) is 15.1. The third kappa shape index (κ3) is 5.72. The van der Waals surface area contributed by atoms with E-state index in [2.05, 4.69) is 6.92 Å². The fraction of sp³-hybridized carbons (Fsp3) is 0.571. The van der Waals surface area contributed by atoms with Crippen molar-refractivity contribution in [3.8, 4) is 5.75 Å². The Morgan fingerprint density at radius 2 is 2.05 bits per heavy atom. The smallest absolute Gasteiger partial charge is 0.417 e. The van der Waals surface area contributed by atoms with Gasteiger partial charge in [-0.1, -0.05) is 19.1 Å². The van der Waals surface area contributed by atoms with Crippen LogP contribution in [0.5, 0.6) is 5.75 Å². The molecular formula is C14H23O3PS2. The average molecular weight is 334 g/mol. The lowest BCUT2D eigenvalue weighted by Crippen LogP contribution is -1.99. The summed E-state index contributed by atoms with van der Waals surface area (Å²) in [4.78, 5) is 0. The average Bonchev–Trinajstić information content (AvgIpc) is 2.40. The van der Waals surface area contributed by atoms with Crippen molar-refractivity contribution >= 4 is 29.9 Å². The number of hydrogen-bond acceptors (Lipinski definition) is 5. The van der Waals surface area contributed by atoms with Crippen LogP contribution in [0.4, 0.5) is 0 Å². The van der Waals surface area contributed by atoms with E-state index in [0.29, 0.717) is 12.4 Å². The molecule has 0 aliphatic heterocycles. The van der Waals surface area contributed by atoms with E-state index >= 15 is 0 Å². The Morgan fingerprint density at radius 3 is 2.65 bits per heavy atom. The van der Waals surface area contributed by atoms with Gasteiger partial charge in [0.15, 0.2) is 0 Å². The molecule has 1 rings (SSSR count). The number of aryl methyl sites for hydroxylation is 1. The molecule has 0 aliphatic carbocycles. The molecule has 1 aromatic rings. The summed E-state index contributed by atoms with van der Waals surface area (Å²) in [5, 5.41) is 0. The maximum atomic E-state index is 12.7. The number of thioether (sulfide) groups is 1. The minimum absolute atomic E-state index is 0.387. The molecule has 1 atom stereocenters. The highest BCUT2D eigenvalue weighted by Gasteiger charge is 2.27. The zero-order chi connectivity index (χ0) is 15.0. The Labute approximate surface area is 130 Å². The van der Waals surface area contributed by atoms with E-state index in [1.54, 1.807) is 11.8 Å². The summed E-state index contributed by atoms with van der Waals surface area (Å²) in [6.45, 7) is 3.15. The largest absolute Gasteiger partial charge is 0.440 e. The maximum absolute atomic E-state index is 12.7. The second-order valence-electron chi connectivity index (χ2n) is 4.33. The Hall–Kier alpha value is -0.0900. The second-order valence-corrected chi connectivity index (χ2v) is 9.32. The van der Waals surface area contributed by atoms with Crippen molar-refractivity contribution in [1.82, 2.24) is 0 Å². The van der Waals surface area contributed by atoms with Gasteiger partial charge < -0.3 is 4.52 Å². The first-order valence-electron chi connectivity index (χ1n) is 6.71. The lowest BCUT2D eigenvalue weighted by atomic mass is 10.1. The minimum Gasteiger partial charge on any atom is -0.417 e. The topological polar surface area (TPSA) is 35.5 Å². The van der Waals surface area contributed by atoms with Crippen molar-refractivity contribution < 1.29 is 13.6 Å². The third-order valence-electron chi connectivity index (χ3n) is 2.47. The van der Waals surface area contributed by atoms with Crippen LogP contribution in [0.25, 0.3) is 0 Å². The SMILES string of the molecule is CCCSP(=O)(OCC)Oc1cc(C)ccc1CSC. The van der Waals surface area contributed by atoms with Gasteiger partial charge in [-0.3, -0.25) is 4.52 Å². The molecule has 0 fully saturated rings. The van der Waals surface area contributed by atoms with Gasteiger partial charge in [-0.2, -0.15) is 11.8 Å². The van der Waals surface area contributed by atoms with Gasteiger partial charge in [0, 0.05) is 17.1 Å². The third-order valence-corrected chi connectivity index (χ3v) is 7.01. The first-order chi connectivity index (χ1) is 9.54. The quantitative estimate of drug-likeness (QED) is 0.555. The molecule has 0 aliphatic rings. The summed E-state index contributed by atoms with van der Waals surface area (Å²) in [5.41, 5.74) is 2.15. The van der Waals surface area contributed by atoms with Gasteiger partial charge in [0.1, 0.15) is 5.75 Å². The van der Waals surface area contributed by atoms with Crippen LogP contribution in [-0.2, 0) is 14.8 Å². The molecule has 0 spiro atoms. The first-order valence-corrected chi connectivity index (χ1v) is 11.2. The summed E-state index contributed by atoms with van der Waals surface area (Å²) in [5.74, 6) is 2.28. The molecule has 1 aromatic carbocycles. The fourth-order valence-electron chi connectivity index (χ4n) is 1.59. The lowest BCUT2D eigenvalue weighted by molar-refractivity contribution is 0.295. The van der Waals surface area contributed by atoms with E-state index in [9.17, 15) is 4.57 Å². The van der Waals surface area contributed by atoms with E-state index in [4.69, 9.17) is 9.05 Å². The molecule has 0 saturated heterocycles. The molecular weight excluding hydrogens is 311 g/mol. The number of hydrogen-bond donors (Lipinski definition) is 0. The van der Waals surface area contributed by atoms with Crippen molar-refractivity contribution in [3.05, 3.63) is 29.3 Å². The van der Waals surface area contributed by atoms with Gasteiger partial charge in [-0.15, -0.1) is 0 Å². The number of rotatable bonds is 9. The zero-order valence-electron chi connectivity index (χ0n) is 12.5. The van der Waals surface area contributed by atoms with Crippen LogP contribution in [-0.4, -0.2) is 18.6 Å². The monoisotopic (exact) mass is 334 g/mol.